The number of hydrogen-bond donors (Lipinski definition) is 1. The zero-order valence-electron chi connectivity index (χ0n) is 11.6. The van der Waals surface area contributed by atoms with E-state index in [1.165, 1.54) is 0 Å². The van der Waals surface area contributed by atoms with E-state index >= 15 is 0 Å². The normalized spacial score (nSPS) is 11.4. The number of carbonyl (C=O) groups is 1. The van der Waals surface area contributed by atoms with Crippen molar-refractivity contribution in [2.75, 3.05) is 0 Å². The van der Waals surface area contributed by atoms with Crippen LogP contribution in [0.4, 0.5) is 0 Å². The van der Waals surface area contributed by atoms with Gasteiger partial charge in [0.15, 0.2) is 0 Å². The van der Waals surface area contributed by atoms with E-state index in [-0.39, 0.29) is 17.3 Å². The number of aromatic nitrogens is 3. The van der Waals surface area contributed by atoms with Crippen LogP contribution in [0.5, 0.6) is 0 Å². The van der Waals surface area contributed by atoms with E-state index in [2.05, 4.69) is 15.4 Å². The van der Waals surface area contributed by atoms with Gasteiger partial charge in [-0.1, -0.05) is 12.1 Å². The lowest BCUT2D eigenvalue weighted by atomic mass is 10.1. The molecule has 0 atom stereocenters. The third-order valence-corrected chi connectivity index (χ3v) is 2.45. The molecule has 1 aromatic carbocycles. The smallest absolute Gasteiger partial charge is 0.291 e. The molecule has 19 heavy (non-hydrogen) atoms. The second-order valence-corrected chi connectivity index (χ2v) is 5.56. The van der Waals surface area contributed by atoms with Gasteiger partial charge in [0, 0.05) is 5.54 Å². The number of hydrogen-bond acceptors (Lipinski definition) is 3. The van der Waals surface area contributed by atoms with Crippen molar-refractivity contribution in [3.05, 3.63) is 42.0 Å². The Balaban J connectivity index is 2.22. The Bertz CT molecular complexity index is 595. The molecule has 1 heterocycles. The molecule has 1 amide bonds. The van der Waals surface area contributed by atoms with Crippen molar-refractivity contribution in [3.63, 3.8) is 0 Å². The molecule has 2 aromatic rings. The Kier molecular flexibility index (Phi) is 3.38. The van der Waals surface area contributed by atoms with Crippen molar-refractivity contribution in [3.8, 4) is 5.69 Å². The van der Waals surface area contributed by atoms with E-state index in [1.54, 1.807) is 11.0 Å². The Hall–Kier alpha value is -2.17. The van der Waals surface area contributed by atoms with Crippen molar-refractivity contribution in [1.29, 1.82) is 0 Å². The highest BCUT2D eigenvalue weighted by Crippen LogP contribution is 2.09. The lowest BCUT2D eigenvalue weighted by molar-refractivity contribution is 0.0909. The van der Waals surface area contributed by atoms with Gasteiger partial charge in [-0.3, -0.25) is 4.79 Å². The molecule has 0 radical (unpaired) electrons. The van der Waals surface area contributed by atoms with Crippen LogP contribution >= 0.6 is 0 Å². The van der Waals surface area contributed by atoms with Crippen molar-refractivity contribution in [2.45, 2.75) is 33.2 Å². The first-order chi connectivity index (χ1) is 8.85. The summed E-state index contributed by atoms with van der Waals surface area (Å²) in [5.41, 5.74) is 1.72. The highest BCUT2D eigenvalue weighted by atomic mass is 16.2. The zero-order valence-corrected chi connectivity index (χ0v) is 11.6. The number of nitrogens with one attached hydrogen (secondary N) is 1. The quantitative estimate of drug-likeness (QED) is 0.897. The Morgan fingerprint density at radius 1 is 1.32 bits per heavy atom. The van der Waals surface area contributed by atoms with Gasteiger partial charge >= 0.3 is 0 Å². The van der Waals surface area contributed by atoms with Crippen LogP contribution < -0.4 is 5.32 Å². The van der Waals surface area contributed by atoms with Crippen LogP contribution in [0.2, 0.25) is 0 Å². The van der Waals surface area contributed by atoms with Gasteiger partial charge in [0.05, 0.1) is 5.69 Å². The molecule has 0 saturated heterocycles. The third kappa shape index (κ3) is 3.40. The molecule has 0 bridgehead atoms. The molecule has 0 aliphatic heterocycles. The molecule has 0 saturated carbocycles. The van der Waals surface area contributed by atoms with Crippen LogP contribution in [0.15, 0.2) is 30.6 Å². The van der Waals surface area contributed by atoms with E-state index in [0.29, 0.717) is 0 Å². The summed E-state index contributed by atoms with van der Waals surface area (Å²) in [6.45, 7) is 7.76. The fraction of sp³-hybridized carbons (Fsp3) is 0.357. The molecule has 0 spiro atoms. The van der Waals surface area contributed by atoms with Crippen LogP contribution in [-0.2, 0) is 0 Å². The largest absolute Gasteiger partial charge is 0.345 e. The maximum absolute atomic E-state index is 11.9. The van der Waals surface area contributed by atoms with Crippen LogP contribution in [0, 0.1) is 6.92 Å². The van der Waals surface area contributed by atoms with E-state index in [4.69, 9.17) is 0 Å². The first kappa shape index (κ1) is 13.3. The Morgan fingerprint density at radius 2 is 2.05 bits per heavy atom. The zero-order chi connectivity index (χ0) is 14.0. The fourth-order valence-corrected chi connectivity index (χ4v) is 1.66. The minimum absolute atomic E-state index is 0.177. The average Bonchev–Trinajstić information content (AvgIpc) is 2.75. The predicted molar refractivity (Wildman–Crippen MR) is 73.3 cm³/mol. The minimum Gasteiger partial charge on any atom is -0.345 e. The first-order valence-corrected chi connectivity index (χ1v) is 6.16. The second-order valence-electron chi connectivity index (χ2n) is 5.56. The predicted octanol–water partition coefficient (Wildman–Crippen LogP) is 2.10. The van der Waals surface area contributed by atoms with Gasteiger partial charge in [0.1, 0.15) is 6.33 Å². The van der Waals surface area contributed by atoms with Crippen molar-refractivity contribution in [2.24, 2.45) is 0 Å². The summed E-state index contributed by atoms with van der Waals surface area (Å²) in [5, 5.41) is 7.03. The van der Waals surface area contributed by atoms with Gasteiger partial charge in [0.2, 0.25) is 5.82 Å². The van der Waals surface area contributed by atoms with Crippen molar-refractivity contribution >= 4 is 5.91 Å². The second kappa shape index (κ2) is 4.84. The third-order valence-electron chi connectivity index (χ3n) is 2.45. The van der Waals surface area contributed by atoms with Gasteiger partial charge < -0.3 is 5.32 Å². The van der Waals surface area contributed by atoms with Crippen LogP contribution in [0.3, 0.4) is 0 Å². The molecule has 0 fully saturated rings. The number of carbonyl (C=O) groups excluding carboxylic acids is 1. The summed E-state index contributed by atoms with van der Waals surface area (Å²) < 4.78 is 1.60. The summed E-state index contributed by atoms with van der Waals surface area (Å²) in [6.07, 6.45) is 1.55. The van der Waals surface area contributed by atoms with E-state index in [0.717, 1.165) is 11.3 Å². The first-order valence-electron chi connectivity index (χ1n) is 6.16. The molecule has 5 heteroatoms. The minimum atomic E-state index is -0.300. The molecule has 1 aromatic heterocycles. The van der Waals surface area contributed by atoms with Gasteiger partial charge in [0.25, 0.3) is 5.91 Å². The molecule has 2 rings (SSSR count). The molecule has 100 valence electrons. The maximum Gasteiger partial charge on any atom is 0.291 e. The van der Waals surface area contributed by atoms with Gasteiger partial charge in [-0.05, 0) is 45.4 Å². The molecular weight excluding hydrogens is 240 g/mol. The highest BCUT2D eigenvalue weighted by Gasteiger charge is 2.18. The summed E-state index contributed by atoms with van der Waals surface area (Å²) in [5.74, 6) is -0.0877. The van der Waals surface area contributed by atoms with E-state index < -0.39 is 0 Å². The molecule has 1 N–H and O–H groups in total. The Labute approximate surface area is 112 Å². The van der Waals surface area contributed by atoms with Gasteiger partial charge in [-0.2, -0.15) is 0 Å². The molecule has 0 aliphatic carbocycles. The van der Waals surface area contributed by atoms with Crippen molar-refractivity contribution < 1.29 is 4.79 Å². The number of rotatable bonds is 2. The lowest BCUT2D eigenvalue weighted by Crippen LogP contribution is -2.41. The standard InChI is InChI=1S/C14H18N4O/c1-10-6-5-7-11(8-10)18-9-15-12(17-18)13(19)16-14(2,3)4/h5-9H,1-4H3,(H,16,19). The maximum atomic E-state index is 11.9. The summed E-state index contributed by atoms with van der Waals surface area (Å²) in [7, 11) is 0. The van der Waals surface area contributed by atoms with Gasteiger partial charge in [-0.25, -0.2) is 9.67 Å². The molecular formula is C14H18N4O. The number of benzene rings is 1. The van der Waals surface area contributed by atoms with Gasteiger partial charge in [-0.15, -0.1) is 5.10 Å². The average molecular weight is 258 g/mol. The SMILES string of the molecule is Cc1cccc(-n2cnc(C(=O)NC(C)(C)C)n2)c1. The molecule has 0 aliphatic rings. The monoisotopic (exact) mass is 258 g/mol. The number of aryl methyl sites for hydroxylation is 1. The number of nitrogens with zero attached hydrogens (tertiary/aromatic N) is 3. The molecule has 0 unspecified atom stereocenters. The fourth-order valence-electron chi connectivity index (χ4n) is 1.66. The lowest BCUT2D eigenvalue weighted by Gasteiger charge is -2.18. The summed E-state index contributed by atoms with van der Waals surface area (Å²) >= 11 is 0. The van der Waals surface area contributed by atoms with Crippen LogP contribution in [0.1, 0.15) is 37.0 Å². The van der Waals surface area contributed by atoms with E-state index in [9.17, 15) is 4.79 Å². The number of amides is 1. The topological polar surface area (TPSA) is 59.8 Å². The Morgan fingerprint density at radius 3 is 2.68 bits per heavy atom. The van der Waals surface area contributed by atoms with E-state index in [1.807, 2.05) is 52.0 Å². The summed E-state index contributed by atoms with van der Waals surface area (Å²) in [4.78, 5) is 16.0. The molecule has 5 nitrogen and oxygen atoms in total. The van der Waals surface area contributed by atoms with Crippen molar-refractivity contribution in [1.82, 2.24) is 20.1 Å². The van der Waals surface area contributed by atoms with Crippen LogP contribution in [0.25, 0.3) is 5.69 Å². The van der Waals surface area contributed by atoms with Crippen LogP contribution in [-0.4, -0.2) is 26.2 Å². The summed E-state index contributed by atoms with van der Waals surface area (Å²) in [6, 6.07) is 7.86. The highest BCUT2D eigenvalue weighted by molar-refractivity contribution is 5.90.